The maximum atomic E-state index is 9.32. The van der Waals surface area contributed by atoms with Gasteiger partial charge in [-0.05, 0) is 31.0 Å². The van der Waals surface area contributed by atoms with Crippen molar-refractivity contribution in [2.75, 3.05) is 12.5 Å². The Morgan fingerprint density at radius 3 is 2.50 bits per heavy atom. The Hall–Kier alpha value is -0.730. The van der Waals surface area contributed by atoms with Gasteiger partial charge in [0.05, 0.1) is 12.7 Å². The molecule has 1 N–H and O–H groups in total. The van der Waals surface area contributed by atoms with Crippen molar-refractivity contribution in [1.29, 1.82) is 0 Å². The minimum atomic E-state index is -0.463. The molecule has 0 fully saturated rings. The van der Waals surface area contributed by atoms with Crippen LogP contribution in [0.1, 0.15) is 12.5 Å². The lowest BCUT2D eigenvalue weighted by atomic mass is 10.1. The van der Waals surface area contributed by atoms with Crippen LogP contribution in [0.15, 0.2) is 24.3 Å². The highest BCUT2D eigenvalue weighted by molar-refractivity contribution is 6.18. The molecule has 0 saturated heterocycles. The number of hydrogen-bond donors (Lipinski definition) is 1. The van der Waals surface area contributed by atoms with Crippen LogP contribution in [0.4, 0.5) is 0 Å². The summed E-state index contributed by atoms with van der Waals surface area (Å²) in [5.74, 6) is 1.13. The molecule has 1 atom stereocenters. The molecule has 0 amide bonds. The third-order valence-electron chi connectivity index (χ3n) is 1.88. The average Bonchev–Trinajstić information content (AvgIpc) is 2.21. The maximum absolute atomic E-state index is 9.32. The van der Waals surface area contributed by atoms with E-state index < -0.39 is 6.10 Å². The second-order valence-corrected chi connectivity index (χ2v) is 3.40. The number of benzene rings is 1. The summed E-state index contributed by atoms with van der Waals surface area (Å²) in [6, 6.07) is 7.70. The highest BCUT2D eigenvalue weighted by Gasteiger charge is 2.03. The van der Waals surface area contributed by atoms with Crippen LogP contribution in [0, 0.1) is 0 Å². The Morgan fingerprint density at radius 1 is 1.36 bits per heavy atom. The first kappa shape index (κ1) is 11.3. The second-order valence-electron chi connectivity index (χ2n) is 3.09. The van der Waals surface area contributed by atoms with Gasteiger partial charge in [-0.25, -0.2) is 0 Å². The van der Waals surface area contributed by atoms with Crippen molar-refractivity contribution in [3.63, 3.8) is 0 Å². The van der Waals surface area contributed by atoms with E-state index in [4.69, 9.17) is 16.3 Å². The molecule has 2 nitrogen and oxygen atoms in total. The third kappa shape index (κ3) is 3.56. The molecule has 0 spiro atoms. The van der Waals surface area contributed by atoms with E-state index in [1.165, 1.54) is 0 Å². The summed E-state index contributed by atoms with van der Waals surface area (Å²) in [4.78, 5) is 0. The highest BCUT2D eigenvalue weighted by Crippen LogP contribution is 2.13. The van der Waals surface area contributed by atoms with Gasteiger partial charge in [0.15, 0.2) is 0 Å². The summed E-state index contributed by atoms with van der Waals surface area (Å²) in [5, 5.41) is 9.32. The Bertz CT molecular complexity index is 258. The molecule has 1 rings (SSSR count). The molecule has 1 aromatic carbocycles. The van der Waals surface area contributed by atoms with Crippen LogP contribution < -0.4 is 4.74 Å². The highest BCUT2D eigenvalue weighted by atomic mass is 35.5. The van der Waals surface area contributed by atoms with Gasteiger partial charge in [-0.2, -0.15) is 0 Å². The van der Waals surface area contributed by atoms with Gasteiger partial charge in [-0.3, -0.25) is 0 Å². The number of alkyl halides is 1. The predicted octanol–water partition coefficient (Wildman–Crippen LogP) is 2.23. The summed E-state index contributed by atoms with van der Waals surface area (Å²) in [5.41, 5.74) is 1.07. The average molecular weight is 215 g/mol. The molecule has 0 heterocycles. The van der Waals surface area contributed by atoms with Gasteiger partial charge in [0, 0.05) is 5.88 Å². The number of aliphatic hydroxyl groups excluding tert-OH is 1. The standard InChI is InChI=1S/C11H15ClO2/c1-2-14-11-5-3-9(4-6-11)7-10(13)8-12/h3-6,10,13H,2,7-8H2,1H3. The first-order chi connectivity index (χ1) is 6.76. The summed E-state index contributed by atoms with van der Waals surface area (Å²) >= 11 is 5.51. The second kappa shape index (κ2) is 5.89. The lowest BCUT2D eigenvalue weighted by Crippen LogP contribution is -2.11. The fourth-order valence-corrected chi connectivity index (χ4v) is 1.32. The van der Waals surface area contributed by atoms with Gasteiger partial charge in [0.1, 0.15) is 5.75 Å². The number of rotatable bonds is 5. The Balaban J connectivity index is 2.54. The lowest BCUT2D eigenvalue weighted by molar-refractivity contribution is 0.198. The number of hydrogen-bond acceptors (Lipinski definition) is 2. The van der Waals surface area contributed by atoms with E-state index in [0.717, 1.165) is 11.3 Å². The van der Waals surface area contributed by atoms with E-state index in [2.05, 4.69) is 0 Å². The van der Waals surface area contributed by atoms with Crippen molar-refractivity contribution in [3.8, 4) is 5.75 Å². The molecule has 78 valence electrons. The Kier molecular flexibility index (Phi) is 4.77. The molecule has 0 aliphatic rings. The van der Waals surface area contributed by atoms with E-state index in [9.17, 15) is 5.11 Å². The molecule has 0 radical (unpaired) electrons. The zero-order chi connectivity index (χ0) is 10.4. The van der Waals surface area contributed by atoms with E-state index in [-0.39, 0.29) is 5.88 Å². The van der Waals surface area contributed by atoms with Crippen molar-refractivity contribution >= 4 is 11.6 Å². The smallest absolute Gasteiger partial charge is 0.119 e. The van der Waals surface area contributed by atoms with Crippen molar-refractivity contribution in [2.45, 2.75) is 19.4 Å². The van der Waals surface area contributed by atoms with Crippen LogP contribution in [0.2, 0.25) is 0 Å². The van der Waals surface area contributed by atoms with E-state index >= 15 is 0 Å². The molecule has 1 aromatic rings. The first-order valence-electron chi connectivity index (χ1n) is 4.72. The van der Waals surface area contributed by atoms with Gasteiger partial charge >= 0.3 is 0 Å². The molecule has 0 aliphatic heterocycles. The molecule has 3 heteroatoms. The summed E-state index contributed by atoms with van der Waals surface area (Å²) < 4.78 is 5.30. The minimum absolute atomic E-state index is 0.271. The quantitative estimate of drug-likeness (QED) is 0.762. The van der Waals surface area contributed by atoms with Crippen LogP contribution in [-0.4, -0.2) is 23.7 Å². The predicted molar refractivity (Wildman–Crippen MR) is 58.0 cm³/mol. The van der Waals surface area contributed by atoms with Gasteiger partial charge in [0.25, 0.3) is 0 Å². The monoisotopic (exact) mass is 214 g/mol. The summed E-state index contributed by atoms with van der Waals surface area (Å²) in [6.45, 7) is 2.62. The van der Waals surface area contributed by atoms with E-state index in [0.29, 0.717) is 13.0 Å². The van der Waals surface area contributed by atoms with Gasteiger partial charge in [0.2, 0.25) is 0 Å². The van der Waals surface area contributed by atoms with Crippen molar-refractivity contribution in [2.24, 2.45) is 0 Å². The van der Waals surface area contributed by atoms with Crippen molar-refractivity contribution in [3.05, 3.63) is 29.8 Å². The van der Waals surface area contributed by atoms with Gasteiger partial charge in [-0.15, -0.1) is 11.6 Å². The van der Waals surface area contributed by atoms with E-state index in [1.807, 2.05) is 31.2 Å². The van der Waals surface area contributed by atoms with Crippen LogP contribution in [-0.2, 0) is 6.42 Å². The van der Waals surface area contributed by atoms with Gasteiger partial charge < -0.3 is 9.84 Å². The summed E-state index contributed by atoms with van der Waals surface area (Å²) in [7, 11) is 0. The van der Waals surface area contributed by atoms with Crippen LogP contribution >= 0.6 is 11.6 Å². The molecule has 0 aliphatic carbocycles. The van der Waals surface area contributed by atoms with Crippen molar-refractivity contribution < 1.29 is 9.84 Å². The molecule has 0 bridgehead atoms. The van der Waals surface area contributed by atoms with Crippen molar-refractivity contribution in [1.82, 2.24) is 0 Å². The summed E-state index contributed by atoms with van der Waals surface area (Å²) in [6.07, 6.45) is 0.130. The van der Waals surface area contributed by atoms with Crippen LogP contribution in [0.25, 0.3) is 0 Å². The van der Waals surface area contributed by atoms with Crippen LogP contribution in [0.3, 0.4) is 0 Å². The molecule has 1 unspecified atom stereocenters. The largest absolute Gasteiger partial charge is 0.494 e. The fraction of sp³-hybridized carbons (Fsp3) is 0.455. The molecular formula is C11H15ClO2. The fourth-order valence-electron chi connectivity index (χ4n) is 1.22. The van der Waals surface area contributed by atoms with Gasteiger partial charge in [-0.1, -0.05) is 12.1 Å². The molecule has 0 aromatic heterocycles. The normalized spacial score (nSPS) is 12.5. The molecule has 14 heavy (non-hydrogen) atoms. The zero-order valence-corrected chi connectivity index (χ0v) is 9.00. The number of ether oxygens (including phenoxy) is 1. The SMILES string of the molecule is CCOc1ccc(CC(O)CCl)cc1. The third-order valence-corrected chi connectivity index (χ3v) is 2.24. The van der Waals surface area contributed by atoms with E-state index in [1.54, 1.807) is 0 Å². The number of aliphatic hydroxyl groups is 1. The molecular weight excluding hydrogens is 200 g/mol. The first-order valence-corrected chi connectivity index (χ1v) is 5.25. The maximum Gasteiger partial charge on any atom is 0.119 e. The van der Waals surface area contributed by atoms with Crippen LogP contribution in [0.5, 0.6) is 5.75 Å². The lowest BCUT2D eigenvalue weighted by Gasteiger charge is -2.07. The Labute approximate surface area is 89.5 Å². The Morgan fingerprint density at radius 2 is 2.00 bits per heavy atom. The molecule has 0 saturated carbocycles. The number of halogens is 1. The minimum Gasteiger partial charge on any atom is -0.494 e. The topological polar surface area (TPSA) is 29.5 Å². The zero-order valence-electron chi connectivity index (χ0n) is 8.24.